The summed E-state index contributed by atoms with van der Waals surface area (Å²) in [5, 5.41) is 11.2. The highest BCUT2D eigenvalue weighted by molar-refractivity contribution is 6.46. The van der Waals surface area contributed by atoms with Gasteiger partial charge in [-0.2, -0.15) is 0 Å². The third kappa shape index (κ3) is 5.78. The summed E-state index contributed by atoms with van der Waals surface area (Å²) < 4.78 is 11.2. The number of hydrogen-bond acceptors (Lipinski definition) is 6. The van der Waals surface area contributed by atoms with E-state index in [-0.39, 0.29) is 17.4 Å². The summed E-state index contributed by atoms with van der Waals surface area (Å²) >= 11 is 0. The second-order valence-corrected chi connectivity index (χ2v) is 8.84. The smallest absolute Gasteiger partial charge is 0.295 e. The van der Waals surface area contributed by atoms with Crippen molar-refractivity contribution in [2.75, 3.05) is 33.8 Å². The van der Waals surface area contributed by atoms with Gasteiger partial charge in [0.15, 0.2) is 0 Å². The lowest BCUT2D eigenvalue weighted by Gasteiger charge is -2.26. The van der Waals surface area contributed by atoms with Gasteiger partial charge < -0.3 is 24.4 Å². The van der Waals surface area contributed by atoms with E-state index in [9.17, 15) is 14.7 Å². The molecule has 0 spiro atoms. The molecule has 1 heterocycles. The molecule has 0 aromatic heterocycles. The van der Waals surface area contributed by atoms with Crippen LogP contribution in [0.1, 0.15) is 44.4 Å². The lowest BCUT2D eigenvalue weighted by molar-refractivity contribution is -0.139. The van der Waals surface area contributed by atoms with Crippen LogP contribution in [0.25, 0.3) is 5.76 Å². The van der Waals surface area contributed by atoms with E-state index in [0.29, 0.717) is 36.6 Å². The first-order valence-electron chi connectivity index (χ1n) is 11.7. The van der Waals surface area contributed by atoms with Crippen molar-refractivity contribution < 1.29 is 24.2 Å². The average Bonchev–Trinajstić information content (AvgIpc) is 3.04. The molecule has 1 fully saturated rings. The molecule has 182 valence electrons. The third-order valence-electron chi connectivity index (χ3n) is 5.55. The molecule has 1 aliphatic heterocycles. The predicted molar refractivity (Wildman–Crippen MR) is 132 cm³/mol. The minimum atomic E-state index is -0.679. The van der Waals surface area contributed by atoms with Crippen LogP contribution in [-0.2, 0) is 9.59 Å². The molecule has 7 nitrogen and oxygen atoms in total. The number of ketones is 1. The molecule has 1 amide bonds. The molecule has 0 bridgehead atoms. The van der Waals surface area contributed by atoms with Gasteiger partial charge in [0.05, 0.1) is 24.3 Å². The Hall–Kier alpha value is -3.32. The molecule has 1 saturated heterocycles. The van der Waals surface area contributed by atoms with Gasteiger partial charge in [-0.15, -0.1) is 0 Å². The SMILES string of the molecule is CCOc1ccc(C(O)=C2C(=O)C(=O)N(CCCN(C)C)[C@H]2c2ccc(OC(C)C)cc2)cc1. The van der Waals surface area contributed by atoms with Gasteiger partial charge in [-0.25, -0.2) is 0 Å². The van der Waals surface area contributed by atoms with E-state index in [0.717, 1.165) is 12.1 Å². The Bertz CT molecular complexity index is 1030. The summed E-state index contributed by atoms with van der Waals surface area (Å²) in [6, 6.07) is 13.5. The molecular weight excluding hydrogens is 432 g/mol. The molecule has 0 saturated carbocycles. The highest BCUT2D eigenvalue weighted by atomic mass is 16.5. The van der Waals surface area contributed by atoms with Crippen LogP contribution in [0.5, 0.6) is 11.5 Å². The molecule has 3 rings (SSSR count). The molecule has 1 aliphatic rings. The number of rotatable bonds is 10. The van der Waals surface area contributed by atoms with Crippen LogP contribution < -0.4 is 9.47 Å². The van der Waals surface area contributed by atoms with Crippen LogP contribution in [0, 0.1) is 0 Å². The van der Waals surface area contributed by atoms with Gasteiger partial charge in [0.25, 0.3) is 11.7 Å². The highest BCUT2D eigenvalue weighted by Gasteiger charge is 2.45. The first kappa shape index (κ1) is 25.3. The summed E-state index contributed by atoms with van der Waals surface area (Å²) in [5.74, 6) is -0.0955. The molecule has 0 aliphatic carbocycles. The fraction of sp³-hybridized carbons (Fsp3) is 0.407. The normalized spacial score (nSPS) is 17.6. The summed E-state index contributed by atoms with van der Waals surface area (Å²) in [6.45, 7) is 7.49. The Labute approximate surface area is 201 Å². The number of aliphatic hydroxyl groups is 1. The highest BCUT2D eigenvalue weighted by Crippen LogP contribution is 2.40. The molecular formula is C27H34N2O5. The van der Waals surface area contributed by atoms with Crippen LogP contribution in [0.15, 0.2) is 54.1 Å². The zero-order chi connectivity index (χ0) is 24.8. The average molecular weight is 467 g/mol. The van der Waals surface area contributed by atoms with Crippen LogP contribution >= 0.6 is 0 Å². The van der Waals surface area contributed by atoms with Gasteiger partial charge >= 0.3 is 0 Å². The molecule has 0 radical (unpaired) electrons. The number of likely N-dealkylation sites (tertiary alicyclic amines) is 1. The van der Waals surface area contributed by atoms with Crippen molar-refractivity contribution >= 4 is 17.4 Å². The number of carbonyl (C=O) groups excluding carboxylic acids is 2. The Morgan fingerprint density at radius 1 is 1.03 bits per heavy atom. The number of hydrogen-bond donors (Lipinski definition) is 1. The minimum Gasteiger partial charge on any atom is -0.507 e. The fourth-order valence-electron chi connectivity index (χ4n) is 4.05. The molecule has 2 aromatic rings. The van der Waals surface area contributed by atoms with E-state index in [4.69, 9.17) is 9.47 Å². The number of aliphatic hydroxyl groups excluding tert-OH is 1. The summed E-state index contributed by atoms with van der Waals surface area (Å²) in [4.78, 5) is 29.8. The first-order valence-corrected chi connectivity index (χ1v) is 11.7. The van der Waals surface area contributed by atoms with Gasteiger partial charge in [0, 0.05) is 12.1 Å². The molecule has 1 atom stereocenters. The number of benzene rings is 2. The predicted octanol–water partition coefficient (Wildman–Crippen LogP) is 4.25. The van der Waals surface area contributed by atoms with Crippen molar-refractivity contribution in [2.24, 2.45) is 0 Å². The Morgan fingerprint density at radius 3 is 2.21 bits per heavy atom. The zero-order valence-electron chi connectivity index (χ0n) is 20.6. The second-order valence-electron chi connectivity index (χ2n) is 8.84. The zero-order valence-corrected chi connectivity index (χ0v) is 20.6. The minimum absolute atomic E-state index is 0.0298. The number of amides is 1. The van der Waals surface area contributed by atoms with Crippen LogP contribution in [0.2, 0.25) is 0 Å². The quantitative estimate of drug-likeness (QED) is 0.320. The van der Waals surface area contributed by atoms with Crippen molar-refractivity contribution in [2.45, 2.75) is 39.3 Å². The fourth-order valence-corrected chi connectivity index (χ4v) is 4.05. The van der Waals surface area contributed by atoms with Gasteiger partial charge in [0.2, 0.25) is 0 Å². The van der Waals surface area contributed by atoms with Crippen molar-refractivity contribution in [3.05, 3.63) is 65.2 Å². The van der Waals surface area contributed by atoms with E-state index in [1.807, 2.05) is 64.0 Å². The topological polar surface area (TPSA) is 79.3 Å². The van der Waals surface area contributed by atoms with Gasteiger partial charge in [-0.3, -0.25) is 9.59 Å². The van der Waals surface area contributed by atoms with Crippen LogP contribution in [0.4, 0.5) is 0 Å². The van der Waals surface area contributed by atoms with Gasteiger partial charge in [-0.05, 0) is 89.8 Å². The van der Waals surface area contributed by atoms with Gasteiger partial charge in [-0.1, -0.05) is 12.1 Å². The number of nitrogens with zero attached hydrogens (tertiary/aromatic N) is 2. The van der Waals surface area contributed by atoms with E-state index in [2.05, 4.69) is 0 Å². The number of Topliss-reactive ketones (excluding diaryl/α,β-unsaturated/α-hetero) is 1. The molecule has 34 heavy (non-hydrogen) atoms. The lowest BCUT2D eigenvalue weighted by Crippen LogP contribution is -2.32. The van der Waals surface area contributed by atoms with Gasteiger partial charge in [0.1, 0.15) is 17.3 Å². The Balaban J connectivity index is 2.03. The van der Waals surface area contributed by atoms with Crippen molar-refractivity contribution in [1.82, 2.24) is 9.80 Å². The lowest BCUT2D eigenvalue weighted by atomic mass is 9.95. The second kappa shape index (κ2) is 11.2. The van der Waals surface area contributed by atoms with E-state index < -0.39 is 17.7 Å². The summed E-state index contributed by atoms with van der Waals surface area (Å²) in [5.41, 5.74) is 1.30. The molecule has 7 heteroatoms. The molecule has 2 aromatic carbocycles. The van der Waals surface area contributed by atoms with Crippen molar-refractivity contribution in [3.63, 3.8) is 0 Å². The van der Waals surface area contributed by atoms with Crippen molar-refractivity contribution in [3.8, 4) is 11.5 Å². The maximum Gasteiger partial charge on any atom is 0.295 e. The van der Waals surface area contributed by atoms with E-state index in [1.165, 1.54) is 0 Å². The van der Waals surface area contributed by atoms with Crippen LogP contribution in [-0.4, -0.2) is 66.5 Å². The van der Waals surface area contributed by atoms with Crippen molar-refractivity contribution in [1.29, 1.82) is 0 Å². The maximum atomic E-state index is 13.1. The Kier molecular flexibility index (Phi) is 8.34. The van der Waals surface area contributed by atoms with E-state index in [1.54, 1.807) is 29.2 Å². The molecule has 0 unspecified atom stereocenters. The van der Waals surface area contributed by atoms with Crippen LogP contribution in [0.3, 0.4) is 0 Å². The Morgan fingerprint density at radius 2 is 1.65 bits per heavy atom. The summed E-state index contributed by atoms with van der Waals surface area (Å²) in [7, 11) is 3.93. The molecule has 1 N–H and O–H groups in total. The third-order valence-corrected chi connectivity index (χ3v) is 5.55. The van der Waals surface area contributed by atoms with E-state index >= 15 is 0 Å². The standard InChI is InChI=1S/C27H34N2O5/c1-6-33-21-12-10-20(11-13-21)25(30)23-24(19-8-14-22(15-9-19)34-18(2)3)29(27(32)26(23)31)17-7-16-28(4)5/h8-15,18,24,30H,6-7,16-17H2,1-5H3/t24-/m0/s1. The number of carbonyl (C=O) groups is 2. The monoisotopic (exact) mass is 466 g/mol. The first-order chi connectivity index (χ1) is 16.2. The maximum absolute atomic E-state index is 13.1. The largest absolute Gasteiger partial charge is 0.507 e. The summed E-state index contributed by atoms with van der Waals surface area (Å²) in [6.07, 6.45) is 0.732. The number of ether oxygens (including phenoxy) is 2.